The molecule has 2 aromatic heterocycles. The number of hydrogen-bond donors (Lipinski definition) is 2. The van der Waals surface area contributed by atoms with E-state index in [0.29, 0.717) is 0 Å². The lowest BCUT2D eigenvalue weighted by molar-refractivity contribution is 0.421. The first-order chi connectivity index (χ1) is 7.94. The third kappa shape index (κ3) is 2.10. The summed E-state index contributed by atoms with van der Waals surface area (Å²) in [4.78, 5) is 14.3. The van der Waals surface area contributed by atoms with Gasteiger partial charge in [-0.15, -0.1) is 0 Å². The summed E-state index contributed by atoms with van der Waals surface area (Å²) in [5.74, 6) is 1.82. The van der Waals surface area contributed by atoms with Crippen LogP contribution >= 0.6 is 0 Å². The van der Waals surface area contributed by atoms with Gasteiger partial charge >= 0.3 is 0 Å². The predicted octanol–water partition coefficient (Wildman–Crippen LogP) is 1.48. The monoisotopic (exact) mass is 233 g/mol. The van der Waals surface area contributed by atoms with E-state index in [9.17, 15) is 0 Å². The van der Waals surface area contributed by atoms with Crippen LogP contribution in [0.25, 0.3) is 11.2 Å². The lowest BCUT2D eigenvalue weighted by atomic mass is 10.1. The molecule has 2 N–H and O–H groups in total. The minimum absolute atomic E-state index is 0.182. The average Bonchev–Trinajstić information content (AvgIpc) is 2.72. The Morgan fingerprint density at radius 1 is 1.24 bits per heavy atom. The van der Waals surface area contributed by atoms with Gasteiger partial charge in [0.25, 0.3) is 0 Å². The number of imidazole rings is 1. The summed E-state index contributed by atoms with van der Waals surface area (Å²) in [6.45, 7) is 4.16. The van der Waals surface area contributed by atoms with E-state index in [1.165, 1.54) is 0 Å². The first-order valence-electron chi connectivity index (χ1n) is 5.67. The van der Waals surface area contributed by atoms with E-state index in [0.717, 1.165) is 22.8 Å². The predicted molar refractivity (Wildman–Crippen MR) is 70.3 cm³/mol. The molecule has 0 aliphatic rings. The number of aromatic amines is 1. The zero-order chi connectivity index (χ0) is 12.6. The van der Waals surface area contributed by atoms with E-state index >= 15 is 0 Å². The SMILES string of the molecule is CNC(C)(C)c1nc2nc(N(C)C)ccc2[nH]1. The van der Waals surface area contributed by atoms with Gasteiger partial charge in [-0.1, -0.05) is 0 Å². The molecule has 0 saturated heterocycles. The molecule has 17 heavy (non-hydrogen) atoms. The van der Waals surface area contributed by atoms with Crippen molar-refractivity contribution >= 4 is 17.0 Å². The van der Waals surface area contributed by atoms with Crippen LogP contribution in [0.3, 0.4) is 0 Å². The molecular weight excluding hydrogens is 214 g/mol. The van der Waals surface area contributed by atoms with Crippen molar-refractivity contribution in [3.05, 3.63) is 18.0 Å². The largest absolute Gasteiger partial charge is 0.363 e. The normalized spacial score (nSPS) is 12.1. The summed E-state index contributed by atoms with van der Waals surface area (Å²) < 4.78 is 0. The topological polar surface area (TPSA) is 56.8 Å². The molecule has 0 bridgehead atoms. The van der Waals surface area contributed by atoms with Crippen LogP contribution < -0.4 is 10.2 Å². The Kier molecular flexibility index (Phi) is 2.79. The summed E-state index contributed by atoms with van der Waals surface area (Å²) in [6.07, 6.45) is 0. The first kappa shape index (κ1) is 11.9. The summed E-state index contributed by atoms with van der Waals surface area (Å²) in [5, 5.41) is 3.22. The van der Waals surface area contributed by atoms with E-state index in [-0.39, 0.29) is 5.54 Å². The quantitative estimate of drug-likeness (QED) is 0.843. The van der Waals surface area contributed by atoms with Gasteiger partial charge in [0.15, 0.2) is 5.65 Å². The second-order valence-corrected chi connectivity index (χ2v) is 4.90. The van der Waals surface area contributed by atoms with Crippen LogP contribution in [0, 0.1) is 0 Å². The van der Waals surface area contributed by atoms with Crippen molar-refractivity contribution in [2.24, 2.45) is 0 Å². The van der Waals surface area contributed by atoms with Crippen molar-refractivity contribution in [2.45, 2.75) is 19.4 Å². The first-order valence-corrected chi connectivity index (χ1v) is 5.67. The number of fused-ring (bicyclic) bond motifs is 1. The fourth-order valence-electron chi connectivity index (χ4n) is 1.55. The van der Waals surface area contributed by atoms with Gasteiger partial charge in [-0.05, 0) is 33.0 Å². The molecule has 5 heteroatoms. The zero-order valence-corrected chi connectivity index (χ0v) is 11.0. The Hall–Kier alpha value is -1.62. The minimum Gasteiger partial charge on any atom is -0.363 e. The van der Waals surface area contributed by atoms with Crippen LogP contribution in [0.15, 0.2) is 12.1 Å². The number of nitrogens with zero attached hydrogens (tertiary/aromatic N) is 3. The highest BCUT2D eigenvalue weighted by molar-refractivity contribution is 5.73. The maximum Gasteiger partial charge on any atom is 0.179 e. The summed E-state index contributed by atoms with van der Waals surface area (Å²) in [6, 6.07) is 4.00. The molecule has 0 atom stereocenters. The van der Waals surface area contributed by atoms with Gasteiger partial charge in [-0.3, -0.25) is 0 Å². The Labute approximate surface area is 101 Å². The maximum atomic E-state index is 4.54. The van der Waals surface area contributed by atoms with Crippen molar-refractivity contribution in [3.8, 4) is 0 Å². The Morgan fingerprint density at radius 2 is 1.94 bits per heavy atom. The molecule has 0 unspecified atom stereocenters. The van der Waals surface area contributed by atoms with Gasteiger partial charge in [-0.2, -0.15) is 0 Å². The molecule has 2 aromatic rings. The van der Waals surface area contributed by atoms with Crippen molar-refractivity contribution in [1.29, 1.82) is 0 Å². The lowest BCUT2D eigenvalue weighted by Crippen LogP contribution is -2.34. The molecule has 0 saturated carbocycles. The van der Waals surface area contributed by atoms with Crippen LogP contribution in [-0.2, 0) is 5.54 Å². The fraction of sp³-hybridized carbons (Fsp3) is 0.500. The van der Waals surface area contributed by atoms with Crippen molar-refractivity contribution < 1.29 is 0 Å². The highest BCUT2D eigenvalue weighted by Gasteiger charge is 2.22. The third-order valence-corrected chi connectivity index (χ3v) is 3.01. The molecule has 2 rings (SSSR count). The van der Waals surface area contributed by atoms with Gasteiger partial charge in [0.1, 0.15) is 11.6 Å². The molecule has 0 radical (unpaired) electrons. The molecule has 92 valence electrons. The van der Waals surface area contributed by atoms with Gasteiger partial charge in [0, 0.05) is 14.1 Å². The van der Waals surface area contributed by atoms with Crippen molar-refractivity contribution in [2.75, 3.05) is 26.0 Å². The maximum absolute atomic E-state index is 4.54. The van der Waals surface area contributed by atoms with Crippen molar-refractivity contribution in [3.63, 3.8) is 0 Å². The number of aromatic nitrogens is 3. The van der Waals surface area contributed by atoms with Crippen LogP contribution in [-0.4, -0.2) is 36.1 Å². The number of anilines is 1. The second-order valence-electron chi connectivity index (χ2n) is 4.90. The molecule has 0 spiro atoms. The molecule has 0 amide bonds. The van der Waals surface area contributed by atoms with Crippen LogP contribution in [0.4, 0.5) is 5.82 Å². The molecular formula is C12H19N5. The fourth-order valence-corrected chi connectivity index (χ4v) is 1.55. The van der Waals surface area contributed by atoms with Crippen LogP contribution in [0.5, 0.6) is 0 Å². The van der Waals surface area contributed by atoms with Crippen molar-refractivity contribution in [1.82, 2.24) is 20.3 Å². The number of hydrogen-bond acceptors (Lipinski definition) is 4. The average molecular weight is 233 g/mol. The summed E-state index contributed by atoms with van der Waals surface area (Å²) in [7, 11) is 5.87. The molecule has 5 nitrogen and oxygen atoms in total. The summed E-state index contributed by atoms with van der Waals surface area (Å²) in [5.41, 5.74) is 1.54. The zero-order valence-electron chi connectivity index (χ0n) is 11.0. The molecule has 0 fully saturated rings. The summed E-state index contributed by atoms with van der Waals surface area (Å²) >= 11 is 0. The number of nitrogens with one attached hydrogen (secondary N) is 2. The Balaban J connectivity index is 2.51. The van der Waals surface area contributed by atoms with E-state index in [1.54, 1.807) is 0 Å². The van der Waals surface area contributed by atoms with Gasteiger partial charge in [-0.25, -0.2) is 9.97 Å². The number of pyridine rings is 1. The van der Waals surface area contributed by atoms with Gasteiger partial charge < -0.3 is 15.2 Å². The molecule has 0 aliphatic carbocycles. The molecule has 2 heterocycles. The van der Waals surface area contributed by atoms with E-state index in [4.69, 9.17) is 0 Å². The van der Waals surface area contributed by atoms with Crippen LogP contribution in [0.2, 0.25) is 0 Å². The van der Waals surface area contributed by atoms with E-state index < -0.39 is 0 Å². The second kappa shape index (κ2) is 4.00. The van der Waals surface area contributed by atoms with Crippen LogP contribution in [0.1, 0.15) is 19.7 Å². The Bertz CT molecular complexity index is 527. The third-order valence-electron chi connectivity index (χ3n) is 3.01. The lowest BCUT2D eigenvalue weighted by Gasteiger charge is -2.20. The highest BCUT2D eigenvalue weighted by atomic mass is 15.2. The molecule has 0 aromatic carbocycles. The van der Waals surface area contributed by atoms with Gasteiger partial charge in [0.05, 0.1) is 11.1 Å². The minimum atomic E-state index is -0.182. The highest BCUT2D eigenvalue weighted by Crippen LogP contribution is 2.21. The molecule has 0 aliphatic heterocycles. The van der Waals surface area contributed by atoms with E-state index in [1.807, 2.05) is 38.2 Å². The Morgan fingerprint density at radius 3 is 2.53 bits per heavy atom. The number of H-pyrrole nitrogens is 1. The van der Waals surface area contributed by atoms with E-state index in [2.05, 4.69) is 34.1 Å². The number of rotatable bonds is 3. The smallest absolute Gasteiger partial charge is 0.179 e. The standard InChI is InChI=1S/C12H19N5/c1-12(2,13-3)11-14-8-6-7-9(17(4)5)15-10(8)16-11/h6-7,13H,1-5H3,(H,14,15,16). The van der Waals surface area contributed by atoms with Gasteiger partial charge in [0.2, 0.25) is 0 Å².